The Balaban J connectivity index is 1.38. The molecular weight excluding hydrogens is 398 g/mol. The molecule has 2 aliphatic heterocycles. The lowest BCUT2D eigenvalue weighted by atomic mass is 10.1. The van der Waals surface area contributed by atoms with E-state index in [1.54, 1.807) is 24.0 Å². The highest BCUT2D eigenvalue weighted by Crippen LogP contribution is 2.24. The van der Waals surface area contributed by atoms with Crippen LogP contribution in [0.4, 0.5) is 17.3 Å². The van der Waals surface area contributed by atoms with Crippen molar-refractivity contribution < 1.29 is 14.3 Å². The third-order valence-electron chi connectivity index (χ3n) is 5.64. The maximum Gasteiger partial charge on any atom is 0.255 e. The number of hydrogen-bond acceptors (Lipinski definition) is 6. The third-order valence-corrected chi connectivity index (χ3v) is 5.64. The predicted molar refractivity (Wildman–Crippen MR) is 118 cm³/mol. The van der Waals surface area contributed by atoms with E-state index in [4.69, 9.17) is 4.74 Å². The molecule has 0 bridgehead atoms. The Hall–Kier alpha value is -3.20. The number of aryl methyl sites for hydroxylation is 1. The summed E-state index contributed by atoms with van der Waals surface area (Å²) in [6, 6.07) is 7.28. The van der Waals surface area contributed by atoms with E-state index in [9.17, 15) is 14.4 Å². The van der Waals surface area contributed by atoms with E-state index in [1.807, 2.05) is 17.0 Å². The third kappa shape index (κ3) is 4.93. The standard InChI is InChI=1S/C22H27N5O4/c1-15-18(21(30)25-22(23-15)26-10-12-31-13-11-26)7-8-19(28)24-16-4-2-5-17(14-16)27-9-3-6-20(27)29/h2,4-5,14H,3,6-13H2,1H3,(H,24,28)(H,23,25,30). The number of aromatic nitrogens is 2. The van der Waals surface area contributed by atoms with Gasteiger partial charge in [-0.1, -0.05) is 6.07 Å². The molecule has 0 saturated carbocycles. The lowest BCUT2D eigenvalue weighted by Gasteiger charge is -2.27. The number of carbonyl (C=O) groups excluding carboxylic acids is 2. The minimum atomic E-state index is -0.212. The van der Waals surface area contributed by atoms with Crippen molar-refractivity contribution >= 4 is 29.1 Å². The van der Waals surface area contributed by atoms with Crippen LogP contribution in [0.1, 0.15) is 30.5 Å². The van der Waals surface area contributed by atoms with E-state index in [0.717, 1.165) is 12.1 Å². The van der Waals surface area contributed by atoms with Gasteiger partial charge in [0.15, 0.2) is 0 Å². The number of amides is 2. The second kappa shape index (κ2) is 9.30. The van der Waals surface area contributed by atoms with Gasteiger partial charge in [0.25, 0.3) is 5.56 Å². The second-order valence-corrected chi connectivity index (χ2v) is 7.80. The molecule has 164 valence electrons. The summed E-state index contributed by atoms with van der Waals surface area (Å²) in [5, 5.41) is 2.86. The summed E-state index contributed by atoms with van der Waals surface area (Å²) in [6.45, 7) is 5.09. The molecule has 0 unspecified atom stereocenters. The van der Waals surface area contributed by atoms with Crippen molar-refractivity contribution in [1.82, 2.24) is 9.97 Å². The fraction of sp³-hybridized carbons (Fsp3) is 0.455. The molecule has 3 heterocycles. The van der Waals surface area contributed by atoms with E-state index < -0.39 is 0 Å². The van der Waals surface area contributed by atoms with Gasteiger partial charge in [-0.15, -0.1) is 0 Å². The molecule has 2 aromatic rings. The van der Waals surface area contributed by atoms with Gasteiger partial charge in [0.05, 0.1) is 13.2 Å². The lowest BCUT2D eigenvalue weighted by molar-refractivity contribution is -0.117. The fourth-order valence-electron chi connectivity index (χ4n) is 3.95. The molecule has 9 heteroatoms. The van der Waals surface area contributed by atoms with Crippen molar-refractivity contribution in [3.8, 4) is 0 Å². The van der Waals surface area contributed by atoms with Crippen LogP contribution in [-0.2, 0) is 20.7 Å². The maximum atomic E-state index is 12.6. The number of morpholine rings is 1. The van der Waals surface area contributed by atoms with Crippen LogP contribution in [0.2, 0.25) is 0 Å². The molecule has 0 radical (unpaired) electrons. The second-order valence-electron chi connectivity index (χ2n) is 7.80. The normalized spacial score (nSPS) is 16.6. The van der Waals surface area contributed by atoms with Gasteiger partial charge in [0.2, 0.25) is 17.8 Å². The van der Waals surface area contributed by atoms with Crippen LogP contribution in [0.15, 0.2) is 29.1 Å². The summed E-state index contributed by atoms with van der Waals surface area (Å²) in [5.74, 6) is 0.458. The Morgan fingerprint density at radius 2 is 2.03 bits per heavy atom. The number of benzene rings is 1. The first kappa shape index (κ1) is 21.0. The number of nitrogens with one attached hydrogen (secondary N) is 2. The van der Waals surface area contributed by atoms with Crippen LogP contribution in [0.5, 0.6) is 0 Å². The predicted octanol–water partition coefficient (Wildman–Crippen LogP) is 1.61. The highest BCUT2D eigenvalue weighted by Gasteiger charge is 2.22. The SMILES string of the molecule is Cc1nc(N2CCOCC2)[nH]c(=O)c1CCC(=O)Nc1cccc(N2CCCC2=O)c1. The van der Waals surface area contributed by atoms with Gasteiger partial charge in [-0.25, -0.2) is 4.98 Å². The van der Waals surface area contributed by atoms with E-state index >= 15 is 0 Å². The van der Waals surface area contributed by atoms with Crippen LogP contribution < -0.4 is 20.7 Å². The Morgan fingerprint density at radius 3 is 2.74 bits per heavy atom. The number of H-pyrrole nitrogens is 1. The Labute approximate surface area is 180 Å². The van der Waals surface area contributed by atoms with E-state index in [1.165, 1.54) is 0 Å². The van der Waals surface area contributed by atoms with Crippen LogP contribution in [0.3, 0.4) is 0 Å². The van der Waals surface area contributed by atoms with Crippen molar-refractivity contribution in [2.75, 3.05) is 48.0 Å². The molecule has 2 fully saturated rings. The highest BCUT2D eigenvalue weighted by atomic mass is 16.5. The van der Waals surface area contributed by atoms with Crippen LogP contribution >= 0.6 is 0 Å². The number of nitrogens with zero attached hydrogens (tertiary/aromatic N) is 3. The number of rotatable bonds is 6. The summed E-state index contributed by atoms with van der Waals surface area (Å²) in [4.78, 5) is 48.1. The minimum absolute atomic E-state index is 0.103. The smallest absolute Gasteiger partial charge is 0.255 e. The first-order valence-electron chi connectivity index (χ1n) is 10.6. The van der Waals surface area contributed by atoms with Crippen molar-refractivity contribution in [3.05, 3.63) is 45.9 Å². The number of ether oxygens (including phenoxy) is 1. The van der Waals surface area contributed by atoms with E-state index in [0.29, 0.717) is 68.6 Å². The minimum Gasteiger partial charge on any atom is -0.378 e. The summed E-state index contributed by atoms with van der Waals surface area (Å²) in [5.41, 5.74) is 2.36. The fourth-order valence-corrected chi connectivity index (χ4v) is 3.95. The maximum absolute atomic E-state index is 12.6. The molecule has 2 saturated heterocycles. The van der Waals surface area contributed by atoms with Crippen molar-refractivity contribution in [2.24, 2.45) is 0 Å². The number of carbonyl (C=O) groups is 2. The zero-order valence-electron chi connectivity index (χ0n) is 17.6. The molecule has 4 rings (SSSR count). The first-order chi connectivity index (χ1) is 15.0. The topological polar surface area (TPSA) is 108 Å². The molecule has 2 aliphatic rings. The zero-order valence-corrected chi connectivity index (χ0v) is 17.6. The van der Waals surface area contributed by atoms with Gasteiger partial charge in [-0.05, 0) is 38.0 Å². The van der Waals surface area contributed by atoms with Gasteiger partial charge in [-0.3, -0.25) is 19.4 Å². The van der Waals surface area contributed by atoms with Crippen molar-refractivity contribution in [2.45, 2.75) is 32.6 Å². The highest BCUT2D eigenvalue weighted by molar-refractivity contribution is 5.97. The Morgan fingerprint density at radius 1 is 1.23 bits per heavy atom. The lowest BCUT2D eigenvalue weighted by Crippen LogP contribution is -2.38. The van der Waals surface area contributed by atoms with Gasteiger partial charge < -0.3 is 19.9 Å². The quantitative estimate of drug-likeness (QED) is 0.728. The van der Waals surface area contributed by atoms with Gasteiger partial charge >= 0.3 is 0 Å². The van der Waals surface area contributed by atoms with Gasteiger partial charge in [0.1, 0.15) is 0 Å². The van der Waals surface area contributed by atoms with Crippen LogP contribution in [0.25, 0.3) is 0 Å². The van der Waals surface area contributed by atoms with Crippen molar-refractivity contribution in [1.29, 1.82) is 0 Å². The van der Waals surface area contributed by atoms with Crippen LogP contribution in [-0.4, -0.2) is 54.6 Å². The summed E-state index contributed by atoms with van der Waals surface area (Å²) < 4.78 is 5.34. The monoisotopic (exact) mass is 425 g/mol. The van der Waals surface area contributed by atoms with Gasteiger partial charge in [-0.2, -0.15) is 0 Å². The molecular formula is C22H27N5O4. The number of aromatic amines is 1. The van der Waals surface area contributed by atoms with Crippen molar-refractivity contribution in [3.63, 3.8) is 0 Å². The Bertz CT molecular complexity index is 1030. The molecule has 2 amide bonds. The molecule has 0 spiro atoms. The van der Waals surface area contributed by atoms with Gasteiger partial charge in [0, 0.05) is 55.1 Å². The summed E-state index contributed by atoms with van der Waals surface area (Å²) in [7, 11) is 0. The molecule has 0 atom stereocenters. The van der Waals surface area contributed by atoms with E-state index in [-0.39, 0.29) is 23.8 Å². The summed E-state index contributed by atoms with van der Waals surface area (Å²) >= 11 is 0. The van der Waals surface area contributed by atoms with Crippen LogP contribution in [0, 0.1) is 6.92 Å². The average Bonchev–Trinajstić information content (AvgIpc) is 3.20. The Kier molecular flexibility index (Phi) is 6.31. The van der Waals surface area contributed by atoms with E-state index in [2.05, 4.69) is 15.3 Å². The summed E-state index contributed by atoms with van der Waals surface area (Å²) in [6.07, 6.45) is 1.87. The zero-order chi connectivity index (χ0) is 21.8. The molecule has 0 aliphatic carbocycles. The number of hydrogen-bond donors (Lipinski definition) is 2. The largest absolute Gasteiger partial charge is 0.378 e. The molecule has 9 nitrogen and oxygen atoms in total. The average molecular weight is 425 g/mol. The number of anilines is 3. The molecule has 1 aromatic carbocycles. The first-order valence-corrected chi connectivity index (χ1v) is 10.6. The molecule has 31 heavy (non-hydrogen) atoms. The molecule has 2 N–H and O–H groups in total. The molecule has 1 aromatic heterocycles.